The summed E-state index contributed by atoms with van der Waals surface area (Å²) in [6, 6.07) is 22.9. The Balaban J connectivity index is 1.05. The van der Waals surface area contributed by atoms with E-state index in [1.165, 1.54) is 16.2 Å². The van der Waals surface area contributed by atoms with E-state index in [1.807, 2.05) is 9.80 Å². The second kappa shape index (κ2) is 18.9. The third-order valence-electron chi connectivity index (χ3n) is 10.4. The molecule has 0 saturated carbocycles. The van der Waals surface area contributed by atoms with Gasteiger partial charge in [0.2, 0.25) is 11.9 Å². The molecule has 0 bridgehead atoms. The lowest BCUT2D eigenvalue weighted by atomic mass is 10.1. The monoisotopic (exact) mass is 884 g/mol. The largest absolute Gasteiger partial charge is 0.378 e. The number of aromatic nitrogens is 12. The third-order valence-corrected chi connectivity index (χ3v) is 10.4. The number of hydrazine groups is 1. The molecular weight excluding hydrogens is 845 g/mol. The van der Waals surface area contributed by atoms with Crippen LogP contribution < -0.4 is 30.5 Å². The summed E-state index contributed by atoms with van der Waals surface area (Å²) in [4.78, 5) is 70.4. The van der Waals surface area contributed by atoms with E-state index < -0.39 is 12.1 Å². The number of hydrogen-bond acceptors (Lipinski definition) is 16. The van der Waals surface area contributed by atoms with Crippen LogP contribution in [-0.4, -0.2) is 124 Å². The van der Waals surface area contributed by atoms with Crippen LogP contribution in [0.1, 0.15) is 0 Å². The molecule has 2 aliphatic heterocycles. The number of anilines is 6. The van der Waals surface area contributed by atoms with Crippen LogP contribution in [0.4, 0.5) is 44.2 Å². The maximum absolute atomic E-state index is 14.7. The number of ether oxygens (including phenoxy) is 2. The Kier molecular flexibility index (Phi) is 11.8. The topological polar surface area (TPSA) is 228 Å². The van der Waals surface area contributed by atoms with Crippen LogP contribution in [-0.2, 0) is 9.47 Å². The number of benzene rings is 2. The predicted molar refractivity (Wildman–Crippen MR) is 242 cm³/mol. The molecule has 2 aromatic carbocycles. The van der Waals surface area contributed by atoms with Crippen molar-refractivity contribution in [2.75, 3.05) is 83.1 Å². The lowest BCUT2D eigenvalue weighted by Crippen LogP contribution is -2.53. The lowest BCUT2D eigenvalue weighted by Gasteiger charge is -2.34. The van der Waals surface area contributed by atoms with E-state index in [9.17, 15) is 9.59 Å². The summed E-state index contributed by atoms with van der Waals surface area (Å²) < 4.78 is 14.3. The number of nitrogens with zero attached hydrogens (tertiary/aromatic N) is 16. The van der Waals surface area contributed by atoms with E-state index in [0.717, 1.165) is 0 Å². The summed E-state index contributed by atoms with van der Waals surface area (Å²) in [7, 11) is 0. The quantitative estimate of drug-likeness (QED) is 0.174. The van der Waals surface area contributed by atoms with Crippen molar-refractivity contribution < 1.29 is 19.1 Å². The zero-order valence-electron chi connectivity index (χ0n) is 35.1. The average Bonchev–Trinajstić information content (AvgIpc) is 4.14. The first kappa shape index (κ1) is 41.3. The molecule has 8 heterocycles. The van der Waals surface area contributed by atoms with Crippen molar-refractivity contribution in [2.45, 2.75) is 0 Å². The summed E-state index contributed by atoms with van der Waals surface area (Å²) in [5.41, 5.74) is 2.74. The summed E-state index contributed by atoms with van der Waals surface area (Å²) in [5.74, 6) is 2.38. The van der Waals surface area contributed by atoms with Gasteiger partial charge in [0.15, 0.2) is 11.6 Å². The molecule has 22 heteroatoms. The number of amides is 4. The Morgan fingerprint density at radius 3 is 1.39 bits per heavy atom. The zero-order chi connectivity index (χ0) is 44.7. The van der Waals surface area contributed by atoms with Crippen LogP contribution in [0.5, 0.6) is 0 Å². The normalized spacial score (nSPS) is 13.8. The molecule has 0 radical (unpaired) electrons. The Morgan fingerprint density at radius 2 is 0.955 bits per heavy atom. The maximum Gasteiger partial charge on any atom is 0.345 e. The number of hydrogen-bond donors (Lipinski definition) is 2. The van der Waals surface area contributed by atoms with Crippen LogP contribution in [0.15, 0.2) is 135 Å². The van der Waals surface area contributed by atoms with E-state index >= 15 is 0 Å². The van der Waals surface area contributed by atoms with Gasteiger partial charge in [-0.3, -0.25) is 9.97 Å². The highest BCUT2D eigenvalue weighted by molar-refractivity contribution is 6.13. The molecule has 0 atom stereocenters. The number of carbonyl (C=O) groups is 2. The molecule has 2 aliphatic rings. The first-order valence-electron chi connectivity index (χ1n) is 20.9. The van der Waals surface area contributed by atoms with Crippen LogP contribution in [0, 0.1) is 0 Å². The van der Waals surface area contributed by atoms with Gasteiger partial charge in [-0.2, -0.15) is 50.1 Å². The molecular formula is C44H40N18O4. The zero-order valence-corrected chi connectivity index (χ0v) is 35.1. The first-order valence-corrected chi connectivity index (χ1v) is 20.9. The number of rotatable bonds is 10. The second-order valence-electron chi connectivity index (χ2n) is 14.7. The molecule has 2 saturated heterocycles. The van der Waals surface area contributed by atoms with Crippen LogP contribution in [0.2, 0.25) is 0 Å². The molecule has 0 unspecified atom stereocenters. The number of carbonyl (C=O) groups excluding carboxylic acids is 2. The molecule has 8 aromatic rings. The Hall–Kier alpha value is -8.76. The van der Waals surface area contributed by atoms with Crippen molar-refractivity contribution in [3.8, 4) is 34.7 Å². The van der Waals surface area contributed by atoms with E-state index in [1.54, 1.807) is 138 Å². The summed E-state index contributed by atoms with van der Waals surface area (Å²) in [5, 5.41) is 17.0. The lowest BCUT2D eigenvalue weighted by molar-refractivity contribution is 0.122. The third kappa shape index (κ3) is 9.15. The Morgan fingerprint density at radius 1 is 0.485 bits per heavy atom. The predicted octanol–water partition coefficient (Wildman–Crippen LogP) is 4.92. The maximum atomic E-state index is 14.7. The van der Waals surface area contributed by atoms with Crippen LogP contribution in [0.25, 0.3) is 34.7 Å². The molecule has 6 aromatic heterocycles. The van der Waals surface area contributed by atoms with Gasteiger partial charge in [-0.25, -0.2) is 19.0 Å². The average molecular weight is 885 g/mol. The number of morpholine rings is 2. The molecule has 10 rings (SSSR count). The van der Waals surface area contributed by atoms with Crippen molar-refractivity contribution >= 4 is 46.7 Å². The van der Waals surface area contributed by atoms with E-state index in [2.05, 4.69) is 30.8 Å². The minimum atomic E-state index is -0.670. The molecule has 22 nitrogen and oxygen atoms in total. The van der Waals surface area contributed by atoms with Gasteiger partial charge in [-0.15, -0.1) is 0 Å². The van der Waals surface area contributed by atoms with Crippen LogP contribution in [0.3, 0.4) is 0 Å². The van der Waals surface area contributed by atoms with Gasteiger partial charge in [0.25, 0.3) is 11.9 Å². The van der Waals surface area contributed by atoms with Crippen molar-refractivity contribution in [1.82, 2.24) is 59.4 Å². The van der Waals surface area contributed by atoms with Crippen molar-refractivity contribution in [1.29, 1.82) is 0 Å². The number of urea groups is 2. The summed E-state index contributed by atoms with van der Waals surface area (Å²) in [6.45, 7) is 4.59. The number of pyridine rings is 2. The summed E-state index contributed by atoms with van der Waals surface area (Å²) >= 11 is 0. The van der Waals surface area contributed by atoms with Crippen LogP contribution >= 0.6 is 0 Å². The standard InChI is InChI=1S/C44H40N18O4/c63-43(49-33-13-18-45-19-14-33)61(35-9-5-31(6-10-35)37-51-39(57-22-26-65-27-23-57)55-41(53-37)59-20-2-16-47-59)62(44(64)50-34-4-1-15-46-30-34)36-11-7-32(8-12-36)38-52-40(58-24-28-66-29-25-58)56-42(54-38)60-21-3-17-48-60/h1-21,30H,22-29H2,(H,50,64)(H,45,49,63). The molecule has 330 valence electrons. The van der Waals surface area contributed by atoms with Crippen molar-refractivity contribution in [2.24, 2.45) is 0 Å². The highest BCUT2D eigenvalue weighted by Gasteiger charge is 2.31. The molecule has 0 spiro atoms. The fourth-order valence-electron chi connectivity index (χ4n) is 7.13. The highest BCUT2D eigenvalue weighted by atomic mass is 16.5. The second-order valence-corrected chi connectivity index (χ2v) is 14.7. The first-order chi connectivity index (χ1) is 32.5. The molecule has 2 N–H and O–H groups in total. The van der Waals surface area contributed by atoms with Gasteiger partial charge in [-0.1, -0.05) is 0 Å². The molecule has 66 heavy (non-hydrogen) atoms. The number of nitrogens with one attached hydrogen (secondary N) is 2. The minimum Gasteiger partial charge on any atom is -0.378 e. The Bertz CT molecular complexity index is 2680. The van der Waals surface area contributed by atoms with Gasteiger partial charge < -0.3 is 29.9 Å². The molecule has 2 fully saturated rings. The van der Waals surface area contributed by atoms with Gasteiger partial charge in [0.1, 0.15) is 0 Å². The SMILES string of the molecule is O=C(Nc1ccncc1)N(c1ccc(-c2nc(N3CCOCC3)nc(-n3cccn3)n2)cc1)N(C(=O)Nc1cccnc1)c1ccc(-c2nc(N3CCOCC3)nc(-n3cccn3)n2)cc1. The van der Waals surface area contributed by atoms with E-state index in [-0.39, 0.29) is 0 Å². The fraction of sp³-hybridized carbons (Fsp3) is 0.182. The fourth-order valence-corrected chi connectivity index (χ4v) is 7.13. The smallest absolute Gasteiger partial charge is 0.345 e. The van der Waals surface area contributed by atoms with E-state index in [0.29, 0.717) is 122 Å². The highest BCUT2D eigenvalue weighted by Crippen LogP contribution is 2.30. The molecule has 0 aliphatic carbocycles. The van der Waals surface area contributed by atoms with Gasteiger partial charge in [0.05, 0.1) is 49.7 Å². The van der Waals surface area contributed by atoms with Crippen molar-refractivity contribution in [3.63, 3.8) is 0 Å². The summed E-state index contributed by atoms with van der Waals surface area (Å²) in [6.07, 6.45) is 13.0. The van der Waals surface area contributed by atoms with Gasteiger partial charge in [0, 0.05) is 86.4 Å². The van der Waals surface area contributed by atoms with Gasteiger partial charge >= 0.3 is 12.1 Å². The Labute approximate surface area is 376 Å². The van der Waals surface area contributed by atoms with Gasteiger partial charge in [-0.05, 0) is 84.9 Å². The molecule has 4 amide bonds. The van der Waals surface area contributed by atoms with E-state index in [4.69, 9.17) is 39.4 Å². The van der Waals surface area contributed by atoms with Crippen molar-refractivity contribution in [3.05, 3.63) is 135 Å². The minimum absolute atomic E-state index is 0.320.